The fraction of sp³-hybridized carbons (Fsp3) is 0.619. The lowest BCUT2D eigenvalue weighted by molar-refractivity contribution is -0.139. The molecular weight excluding hydrogens is 344 g/mol. The van der Waals surface area contributed by atoms with Gasteiger partial charge in [-0.2, -0.15) is 0 Å². The van der Waals surface area contributed by atoms with E-state index in [2.05, 4.69) is 4.90 Å². The highest BCUT2D eigenvalue weighted by molar-refractivity contribution is 6.00. The van der Waals surface area contributed by atoms with Crippen LogP contribution < -0.4 is 14.4 Å². The van der Waals surface area contributed by atoms with Gasteiger partial charge in [0.2, 0.25) is 18.6 Å². The molecule has 27 heavy (non-hydrogen) atoms. The van der Waals surface area contributed by atoms with Crippen LogP contribution in [0.1, 0.15) is 51.4 Å². The normalized spacial score (nSPS) is 25.1. The van der Waals surface area contributed by atoms with Crippen molar-refractivity contribution in [3.05, 3.63) is 18.2 Å². The van der Waals surface area contributed by atoms with Gasteiger partial charge in [-0.25, -0.2) is 0 Å². The molecule has 2 heterocycles. The highest BCUT2D eigenvalue weighted by Gasteiger charge is 2.44. The Labute approximate surface area is 159 Å². The first-order chi connectivity index (χ1) is 13.2. The van der Waals surface area contributed by atoms with E-state index >= 15 is 0 Å². The second kappa shape index (κ2) is 6.73. The molecule has 3 fully saturated rings. The summed E-state index contributed by atoms with van der Waals surface area (Å²) in [4.78, 5) is 29.9. The van der Waals surface area contributed by atoms with E-state index in [0.717, 1.165) is 31.4 Å². The van der Waals surface area contributed by atoms with E-state index in [1.165, 1.54) is 19.3 Å². The minimum atomic E-state index is -0.231. The third-order valence-electron chi connectivity index (χ3n) is 6.30. The van der Waals surface area contributed by atoms with E-state index < -0.39 is 0 Å². The van der Waals surface area contributed by atoms with Crippen LogP contribution in [0.3, 0.4) is 0 Å². The fourth-order valence-electron chi connectivity index (χ4n) is 4.76. The van der Waals surface area contributed by atoms with Gasteiger partial charge >= 0.3 is 0 Å². The quantitative estimate of drug-likeness (QED) is 0.817. The molecule has 0 spiro atoms. The van der Waals surface area contributed by atoms with E-state index in [4.69, 9.17) is 9.47 Å². The average molecular weight is 370 g/mol. The standard InChI is InChI=1S/C21H26N2O4/c24-20-10-14(12-22(20)17-8-9-18-19(11-17)27-13-26-18)21(25)23(16-6-7-16)15-4-2-1-3-5-15/h8-9,11,14-16H,1-7,10,12-13H2. The molecule has 1 unspecified atom stereocenters. The smallest absolute Gasteiger partial charge is 0.231 e. The summed E-state index contributed by atoms with van der Waals surface area (Å²) >= 11 is 0. The Morgan fingerprint density at radius 2 is 1.74 bits per heavy atom. The maximum atomic E-state index is 13.3. The molecule has 0 bridgehead atoms. The molecule has 2 amide bonds. The van der Waals surface area contributed by atoms with Crippen LogP contribution in [0.4, 0.5) is 5.69 Å². The molecule has 2 aliphatic heterocycles. The number of anilines is 1. The summed E-state index contributed by atoms with van der Waals surface area (Å²) in [6.07, 6.45) is 8.50. The van der Waals surface area contributed by atoms with Crippen molar-refractivity contribution in [2.45, 2.75) is 63.5 Å². The zero-order valence-electron chi connectivity index (χ0n) is 15.6. The number of nitrogens with zero attached hydrogens (tertiary/aromatic N) is 2. The van der Waals surface area contributed by atoms with Gasteiger partial charge in [-0.05, 0) is 37.8 Å². The largest absolute Gasteiger partial charge is 0.454 e. The fourth-order valence-corrected chi connectivity index (χ4v) is 4.76. The number of hydrogen-bond donors (Lipinski definition) is 0. The Hall–Kier alpha value is -2.24. The van der Waals surface area contributed by atoms with Crippen molar-refractivity contribution < 1.29 is 19.1 Å². The lowest BCUT2D eigenvalue weighted by Gasteiger charge is -2.36. The summed E-state index contributed by atoms with van der Waals surface area (Å²) in [6.45, 7) is 0.679. The van der Waals surface area contributed by atoms with E-state index in [1.54, 1.807) is 4.90 Å². The molecular formula is C21H26N2O4. The van der Waals surface area contributed by atoms with Gasteiger partial charge in [0.05, 0.1) is 5.92 Å². The first kappa shape index (κ1) is 16.9. The summed E-state index contributed by atoms with van der Waals surface area (Å²) < 4.78 is 10.8. The molecule has 1 aromatic rings. The molecule has 1 atom stereocenters. The van der Waals surface area contributed by atoms with Crippen LogP contribution in [-0.2, 0) is 9.59 Å². The zero-order valence-corrected chi connectivity index (χ0v) is 15.6. The molecule has 4 aliphatic rings. The molecule has 0 aromatic heterocycles. The summed E-state index contributed by atoms with van der Waals surface area (Å²) in [5.74, 6) is 1.35. The lowest BCUT2D eigenvalue weighted by atomic mass is 9.92. The molecule has 2 saturated carbocycles. The van der Waals surface area contributed by atoms with Crippen molar-refractivity contribution in [1.82, 2.24) is 4.90 Å². The van der Waals surface area contributed by atoms with Crippen LogP contribution in [0.15, 0.2) is 18.2 Å². The predicted molar refractivity (Wildman–Crippen MR) is 99.8 cm³/mol. The van der Waals surface area contributed by atoms with Gasteiger partial charge in [-0.15, -0.1) is 0 Å². The van der Waals surface area contributed by atoms with Crippen molar-refractivity contribution in [3.63, 3.8) is 0 Å². The molecule has 6 nitrogen and oxygen atoms in total. The van der Waals surface area contributed by atoms with Crippen LogP contribution >= 0.6 is 0 Å². The second-order valence-electron chi connectivity index (χ2n) is 8.21. The highest BCUT2D eigenvalue weighted by Crippen LogP contribution is 2.39. The summed E-state index contributed by atoms with van der Waals surface area (Å²) in [5.41, 5.74) is 0.787. The number of carbonyl (C=O) groups excluding carboxylic acids is 2. The number of carbonyl (C=O) groups is 2. The molecule has 1 saturated heterocycles. The number of ether oxygens (including phenoxy) is 2. The molecule has 0 N–H and O–H groups in total. The Kier molecular flexibility index (Phi) is 4.21. The van der Waals surface area contributed by atoms with Gasteiger partial charge in [-0.1, -0.05) is 19.3 Å². The van der Waals surface area contributed by atoms with Crippen LogP contribution in [0.2, 0.25) is 0 Å². The lowest BCUT2D eigenvalue weighted by Crippen LogP contribution is -2.46. The SMILES string of the molecule is O=C1CC(C(=O)N(C2CCCCC2)C2CC2)CN1c1ccc2c(c1)OCO2. The maximum absolute atomic E-state index is 13.3. The average Bonchev–Trinajstić information content (AvgIpc) is 3.26. The first-order valence-electron chi connectivity index (χ1n) is 10.2. The highest BCUT2D eigenvalue weighted by atomic mass is 16.7. The van der Waals surface area contributed by atoms with E-state index in [-0.39, 0.29) is 24.5 Å². The number of benzene rings is 1. The molecule has 1 aromatic carbocycles. The van der Waals surface area contributed by atoms with Crippen LogP contribution in [-0.4, -0.2) is 42.1 Å². The Bertz CT molecular complexity index is 755. The minimum absolute atomic E-state index is 0.0200. The van der Waals surface area contributed by atoms with Gasteiger partial charge in [0.1, 0.15) is 0 Å². The van der Waals surface area contributed by atoms with E-state index in [1.807, 2.05) is 18.2 Å². The van der Waals surface area contributed by atoms with Gasteiger partial charge < -0.3 is 19.3 Å². The third-order valence-corrected chi connectivity index (χ3v) is 6.30. The molecule has 144 valence electrons. The van der Waals surface area contributed by atoms with Gasteiger partial charge in [0.15, 0.2) is 11.5 Å². The number of amides is 2. The second-order valence-corrected chi connectivity index (χ2v) is 8.21. The van der Waals surface area contributed by atoms with Crippen LogP contribution in [0.25, 0.3) is 0 Å². The van der Waals surface area contributed by atoms with Crippen LogP contribution in [0.5, 0.6) is 11.5 Å². The van der Waals surface area contributed by atoms with Crippen molar-refractivity contribution in [2.24, 2.45) is 5.92 Å². The topological polar surface area (TPSA) is 59.1 Å². The van der Waals surface area contributed by atoms with Gasteiger partial charge in [0, 0.05) is 36.8 Å². The molecule has 2 aliphatic carbocycles. The van der Waals surface area contributed by atoms with Gasteiger partial charge in [0.25, 0.3) is 0 Å². The third kappa shape index (κ3) is 3.15. The summed E-state index contributed by atoms with van der Waals surface area (Å²) in [5, 5.41) is 0. The Morgan fingerprint density at radius 1 is 1.00 bits per heavy atom. The number of rotatable bonds is 4. The monoisotopic (exact) mass is 370 g/mol. The number of fused-ring (bicyclic) bond motifs is 1. The molecule has 6 heteroatoms. The van der Waals surface area contributed by atoms with Gasteiger partial charge in [-0.3, -0.25) is 9.59 Å². The van der Waals surface area contributed by atoms with E-state index in [9.17, 15) is 9.59 Å². The van der Waals surface area contributed by atoms with Crippen LogP contribution in [0, 0.1) is 5.92 Å². The van der Waals surface area contributed by atoms with Crippen molar-refractivity contribution in [2.75, 3.05) is 18.2 Å². The maximum Gasteiger partial charge on any atom is 0.231 e. The molecule has 5 rings (SSSR count). The predicted octanol–water partition coefficient (Wildman–Crippen LogP) is 3.09. The zero-order chi connectivity index (χ0) is 18.4. The summed E-state index contributed by atoms with van der Waals surface area (Å²) in [7, 11) is 0. The first-order valence-corrected chi connectivity index (χ1v) is 10.2. The molecule has 0 radical (unpaired) electrons. The minimum Gasteiger partial charge on any atom is -0.454 e. The van der Waals surface area contributed by atoms with Crippen molar-refractivity contribution >= 4 is 17.5 Å². The number of hydrogen-bond acceptors (Lipinski definition) is 4. The van der Waals surface area contributed by atoms with Crippen molar-refractivity contribution in [1.29, 1.82) is 0 Å². The van der Waals surface area contributed by atoms with Crippen molar-refractivity contribution in [3.8, 4) is 11.5 Å². The summed E-state index contributed by atoms with van der Waals surface area (Å²) in [6, 6.07) is 6.34. The Balaban J connectivity index is 1.32. The van der Waals surface area contributed by atoms with E-state index in [0.29, 0.717) is 36.5 Å². The Morgan fingerprint density at radius 3 is 2.52 bits per heavy atom.